The molecule has 0 aromatic heterocycles. The quantitative estimate of drug-likeness (QED) is 0.790. The van der Waals surface area contributed by atoms with Gasteiger partial charge in [-0.25, -0.2) is 0 Å². The van der Waals surface area contributed by atoms with E-state index in [0.29, 0.717) is 0 Å². The third-order valence-electron chi connectivity index (χ3n) is 3.17. The van der Waals surface area contributed by atoms with E-state index in [-0.39, 0.29) is 0 Å². The molecule has 0 amide bonds. The van der Waals surface area contributed by atoms with Gasteiger partial charge in [-0.3, -0.25) is 4.90 Å². The predicted octanol–water partition coefficient (Wildman–Crippen LogP) is 3.68. The summed E-state index contributed by atoms with van der Waals surface area (Å²) in [5.74, 6) is 0.920. The molecule has 0 aliphatic carbocycles. The number of nitrogens with zero attached hydrogens (tertiary/aromatic N) is 1. The molecule has 1 saturated heterocycles. The summed E-state index contributed by atoms with van der Waals surface area (Å²) in [7, 11) is 0. The zero-order chi connectivity index (χ0) is 10.7. The zero-order valence-electron chi connectivity index (χ0n) is 9.25. The Morgan fingerprint density at radius 3 is 2.73 bits per heavy atom. The third-order valence-corrected chi connectivity index (χ3v) is 3.66. The van der Waals surface area contributed by atoms with E-state index >= 15 is 0 Å². The van der Waals surface area contributed by atoms with E-state index in [1.807, 2.05) is 0 Å². The molecule has 1 aromatic rings. The zero-order valence-corrected chi connectivity index (χ0v) is 10.8. The fourth-order valence-corrected chi connectivity index (χ4v) is 2.56. The van der Waals surface area contributed by atoms with Crippen molar-refractivity contribution in [1.29, 1.82) is 0 Å². The van der Waals surface area contributed by atoms with Crippen molar-refractivity contribution in [3.05, 3.63) is 34.3 Å². The molecule has 2 heteroatoms. The molecular formula is C13H18BrN. The van der Waals surface area contributed by atoms with E-state index < -0.39 is 0 Å². The Morgan fingerprint density at radius 2 is 2.07 bits per heavy atom. The maximum Gasteiger partial charge on any atom is 0.0234 e. The minimum atomic E-state index is 0.920. The third kappa shape index (κ3) is 3.32. The fraction of sp³-hybridized carbons (Fsp3) is 0.538. The van der Waals surface area contributed by atoms with Gasteiger partial charge in [0.15, 0.2) is 0 Å². The summed E-state index contributed by atoms with van der Waals surface area (Å²) in [6, 6.07) is 8.63. The van der Waals surface area contributed by atoms with E-state index in [1.54, 1.807) is 0 Å². The van der Waals surface area contributed by atoms with Gasteiger partial charge in [-0.2, -0.15) is 0 Å². The van der Waals surface area contributed by atoms with Crippen molar-refractivity contribution >= 4 is 15.9 Å². The molecule has 82 valence electrons. The first kappa shape index (κ1) is 11.2. The van der Waals surface area contributed by atoms with Crippen molar-refractivity contribution in [3.63, 3.8) is 0 Å². The van der Waals surface area contributed by atoms with E-state index in [1.165, 1.54) is 36.0 Å². The fourth-order valence-electron chi connectivity index (χ4n) is 2.11. The maximum atomic E-state index is 3.52. The second kappa shape index (κ2) is 5.13. The largest absolute Gasteiger partial charge is 0.299 e. The lowest BCUT2D eigenvalue weighted by Crippen LogP contribution is -2.32. The van der Waals surface area contributed by atoms with Gasteiger partial charge >= 0.3 is 0 Å². The Kier molecular flexibility index (Phi) is 3.81. The van der Waals surface area contributed by atoms with Crippen LogP contribution in [0.5, 0.6) is 0 Å². The van der Waals surface area contributed by atoms with Crippen LogP contribution in [0.1, 0.15) is 25.3 Å². The summed E-state index contributed by atoms with van der Waals surface area (Å²) in [6.45, 7) is 5.98. The molecule has 1 aromatic carbocycles. The first-order chi connectivity index (χ1) is 7.24. The van der Waals surface area contributed by atoms with Crippen molar-refractivity contribution in [1.82, 2.24) is 4.90 Å². The minimum Gasteiger partial charge on any atom is -0.299 e. The molecule has 0 atom stereocenters. The smallest absolute Gasteiger partial charge is 0.0234 e. The standard InChI is InChI=1S/C13H18BrN/c1-11-5-7-15(8-6-11)10-12-3-2-4-13(14)9-12/h2-4,9,11H,5-8,10H2,1H3. The Hall–Kier alpha value is -0.340. The van der Waals surface area contributed by atoms with Crippen LogP contribution in [-0.2, 0) is 6.54 Å². The summed E-state index contributed by atoms with van der Waals surface area (Å²) < 4.78 is 1.19. The first-order valence-electron chi connectivity index (χ1n) is 5.71. The number of piperidine rings is 1. The van der Waals surface area contributed by atoms with Crippen LogP contribution in [0.4, 0.5) is 0 Å². The minimum absolute atomic E-state index is 0.920. The monoisotopic (exact) mass is 267 g/mol. The summed E-state index contributed by atoms with van der Waals surface area (Å²) in [5, 5.41) is 0. The molecule has 1 aliphatic heterocycles. The van der Waals surface area contributed by atoms with Crippen LogP contribution in [0.15, 0.2) is 28.7 Å². The molecule has 1 heterocycles. The van der Waals surface area contributed by atoms with E-state index in [0.717, 1.165) is 12.5 Å². The Balaban J connectivity index is 1.92. The van der Waals surface area contributed by atoms with Gasteiger partial charge in [0.05, 0.1) is 0 Å². The Bertz CT molecular complexity index is 316. The number of likely N-dealkylation sites (tertiary alicyclic amines) is 1. The Morgan fingerprint density at radius 1 is 1.33 bits per heavy atom. The Labute approximate surface area is 101 Å². The number of hydrogen-bond donors (Lipinski definition) is 0. The average Bonchev–Trinajstić information content (AvgIpc) is 2.22. The molecule has 0 radical (unpaired) electrons. The molecule has 2 rings (SSSR count). The molecule has 15 heavy (non-hydrogen) atoms. The highest BCUT2D eigenvalue weighted by molar-refractivity contribution is 9.10. The molecule has 0 unspecified atom stereocenters. The number of hydrogen-bond acceptors (Lipinski definition) is 1. The predicted molar refractivity (Wildman–Crippen MR) is 67.8 cm³/mol. The number of benzene rings is 1. The van der Waals surface area contributed by atoms with Gasteiger partial charge in [0.2, 0.25) is 0 Å². The van der Waals surface area contributed by atoms with Crippen molar-refractivity contribution in [2.45, 2.75) is 26.3 Å². The van der Waals surface area contributed by atoms with Crippen molar-refractivity contribution in [2.75, 3.05) is 13.1 Å². The van der Waals surface area contributed by atoms with Crippen LogP contribution >= 0.6 is 15.9 Å². The van der Waals surface area contributed by atoms with Crippen LogP contribution in [0.25, 0.3) is 0 Å². The van der Waals surface area contributed by atoms with Gasteiger partial charge in [-0.05, 0) is 49.5 Å². The lowest BCUT2D eigenvalue weighted by Gasteiger charge is -2.30. The van der Waals surface area contributed by atoms with Gasteiger partial charge in [0.1, 0.15) is 0 Å². The summed E-state index contributed by atoms with van der Waals surface area (Å²) in [5.41, 5.74) is 1.42. The van der Waals surface area contributed by atoms with Gasteiger partial charge in [0, 0.05) is 11.0 Å². The van der Waals surface area contributed by atoms with Gasteiger partial charge in [-0.1, -0.05) is 35.0 Å². The molecule has 0 N–H and O–H groups in total. The molecule has 0 saturated carbocycles. The molecule has 1 fully saturated rings. The van der Waals surface area contributed by atoms with E-state index in [9.17, 15) is 0 Å². The molecule has 1 aliphatic rings. The van der Waals surface area contributed by atoms with Crippen LogP contribution in [0.3, 0.4) is 0 Å². The van der Waals surface area contributed by atoms with Crippen molar-refractivity contribution < 1.29 is 0 Å². The van der Waals surface area contributed by atoms with Crippen LogP contribution < -0.4 is 0 Å². The number of rotatable bonds is 2. The summed E-state index contributed by atoms with van der Waals surface area (Å²) in [4.78, 5) is 2.56. The lowest BCUT2D eigenvalue weighted by atomic mass is 9.99. The summed E-state index contributed by atoms with van der Waals surface area (Å²) in [6.07, 6.45) is 2.71. The maximum absolute atomic E-state index is 3.52. The van der Waals surface area contributed by atoms with Crippen LogP contribution in [0.2, 0.25) is 0 Å². The number of halogens is 1. The lowest BCUT2D eigenvalue weighted by molar-refractivity contribution is 0.185. The van der Waals surface area contributed by atoms with Crippen LogP contribution in [0, 0.1) is 5.92 Å². The van der Waals surface area contributed by atoms with Gasteiger partial charge in [0.25, 0.3) is 0 Å². The highest BCUT2D eigenvalue weighted by atomic mass is 79.9. The highest BCUT2D eigenvalue weighted by Crippen LogP contribution is 2.19. The molecular weight excluding hydrogens is 250 g/mol. The van der Waals surface area contributed by atoms with Gasteiger partial charge < -0.3 is 0 Å². The second-order valence-electron chi connectivity index (χ2n) is 4.59. The second-order valence-corrected chi connectivity index (χ2v) is 5.50. The van der Waals surface area contributed by atoms with E-state index in [4.69, 9.17) is 0 Å². The highest BCUT2D eigenvalue weighted by Gasteiger charge is 2.15. The topological polar surface area (TPSA) is 3.24 Å². The van der Waals surface area contributed by atoms with E-state index in [2.05, 4.69) is 52.0 Å². The van der Waals surface area contributed by atoms with Crippen molar-refractivity contribution in [2.24, 2.45) is 5.92 Å². The molecule has 1 nitrogen and oxygen atoms in total. The molecule has 0 bridgehead atoms. The normalized spacial score (nSPS) is 19.3. The molecule has 0 spiro atoms. The van der Waals surface area contributed by atoms with Crippen molar-refractivity contribution in [3.8, 4) is 0 Å². The SMILES string of the molecule is CC1CCN(Cc2cccc(Br)c2)CC1. The summed E-state index contributed by atoms with van der Waals surface area (Å²) >= 11 is 3.52. The first-order valence-corrected chi connectivity index (χ1v) is 6.50. The van der Waals surface area contributed by atoms with Gasteiger partial charge in [-0.15, -0.1) is 0 Å². The average molecular weight is 268 g/mol. The van der Waals surface area contributed by atoms with Crippen LogP contribution in [-0.4, -0.2) is 18.0 Å².